The topological polar surface area (TPSA) is 70.6 Å². The van der Waals surface area contributed by atoms with Crippen LogP contribution < -0.4 is 11.1 Å². The number of nitrogens with zero attached hydrogens (tertiary/aromatic N) is 1. The monoisotopic (exact) mass is 351 g/mol. The summed E-state index contributed by atoms with van der Waals surface area (Å²) in [6.45, 7) is 2.32. The molecule has 2 aromatic rings. The lowest BCUT2D eigenvalue weighted by Crippen LogP contribution is -2.14. The molecular formula is C15H15BrFN3O. The molecule has 0 spiro atoms. The largest absolute Gasteiger partial charge is 0.409 e. The summed E-state index contributed by atoms with van der Waals surface area (Å²) in [6.07, 6.45) is 0. The Morgan fingerprint density at radius 1 is 1.38 bits per heavy atom. The molecule has 4 nitrogen and oxygen atoms in total. The third-order valence-corrected chi connectivity index (χ3v) is 4.05. The van der Waals surface area contributed by atoms with Crippen molar-refractivity contribution < 1.29 is 9.60 Å². The Balaban J connectivity index is 2.15. The number of benzene rings is 2. The number of rotatable bonds is 4. The van der Waals surface area contributed by atoms with Gasteiger partial charge >= 0.3 is 0 Å². The van der Waals surface area contributed by atoms with E-state index in [1.54, 1.807) is 12.1 Å². The van der Waals surface area contributed by atoms with Gasteiger partial charge in [0, 0.05) is 27.8 Å². The Hall–Kier alpha value is -2.08. The van der Waals surface area contributed by atoms with E-state index >= 15 is 0 Å². The number of nitrogens with two attached hydrogens (primary N) is 1. The van der Waals surface area contributed by atoms with Gasteiger partial charge in [-0.1, -0.05) is 39.3 Å². The summed E-state index contributed by atoms with van der Waals surface area (Å²) >= 11 is 3.46. The van der Waals surface area contributed by atoms with Crippen molar-refractivity contribution in [1.29, 1.82) is 0 Å². The smallest absolute Gasteiger partial charge is 0.170 e. The van der Waals surface area contributed by atoms with Crippen LogP contribution in [0, 0.1) is 12.7 Å². The van der Waals surface area contributed by atoms with Crippen LogP contribution in [-0.4, -0.2) is 11.0 Å². The first-order valence-electron chi connectivity index (χ1n) is 6.28. The molecule has 0 saturated heterocycles. The van der Waals surface area contributed by atoms with Crippen LogP contribution >= 0.6 is 15.9 Å². The summed E-state index contributed by atoms with van der Waals surface area (Å²) < 4.78 is 15.0. The highest BCUT2D eigenvalue weighted by molar-refractivity contribution is 9.10. The molecule has 0 aromatic heterocycles. The lowest BCUT2D eigenvalue weighted by molar-refractivity contribution is 0.318. The van der Waals surface area contributed by atoms with Crippen LogP contribution in [0.3, 0.4) is 0 Å². The van der Waals surface area contributed by atoms with Gasteiger partial charge in [0.15, 0.2) is 5.84 Å². The van der Waals surface area contributed by atoms with E-state index in [9.17, 15) is 4.39 Å². The molecule has 110 valence electrons. The molecule has 0 aliphatic rings. The number of anilines is 1. The van der Waals surface area contributed by atoms with Crippen LogP contribution in [0.25, 0.3) is 0 Å². The Labute approximate surface area is 130 Å². The molecule has 0 heterocycles. The molecule has 0 radical (unpaired) electrons. The van der Waals surface area contributed by atoms with E-state index in [-0.39, 0.29) is 5.84 Å². The predicted octanol–water partition coefficient (Wildman–Crippen LogP) is 3.60. The molecule has 0 bridgehead atoms. The highest BCUT2D eigenvalue weighted by Crippen LogP contribution is 2.24. The fourth-order valence-corrected chi connectivity index (χ4v) is 2.26. The van der Waals surface area contributed by atoms with Crippen LogP contribution in [0.5, 0.6) is 0 Å². The normalized spacial score (nSPS) is 11.5. The van der Waals surface area contributed by atoms with E-state index < -0.39 is 5.82 Å². The average Bonchev–Trinajstić information content (AvgIpc) is 2.49. The van der Waals surface area contributed by atoms with E-state index in [1.807, 2.05) is 25.1 Å². The van der Waals surface area contributed by atoms with Crippen molar-refractivity contribution in [2.75, 3.05) is 5.32 Å². The zero-order chi connectivity index (χ0) is 15.4. The molecule has 0 unspecified atom stereocenters. The highest BCUT2D eigenvalue weighted by atomic mass is 79.9. The van der Waals surface area contributed by atoms with Gasteiger partial charge in [-0.05, 0) is 30.7 Å². The van der Waals surface area contributed by atoms with Crippen molar-refractivity contribution in [3.63, 3.8) is 0 Å². The fourth-order valence-electron chi connectivity index (χ4n) is 1.90. The Bertz CT molecular complexity index is 689. The van der Waals surface area contributed by atoms with Crippen molar-refractivity contribution in [3.05, 3.63) is 63.4 Å². The molecule has 0 fully saturated rings. The zero-order valence-electron chi connectivity index (χ0n) is 11.4. The van der Waals surface area contributed by atoms with Crippen LogP contribution in [-0.2, 0) is 6.54 Å². The molecule has 0 amide bonds. The van der Waals surface area contributed by atoms with E-state index in [1.165, 1.54) is 6.07 Å². The molecule has 2 aromatic carbocycles. The van der Waals surface area contributed by atoms with Crippen LogP contribution in [0.1, 0.15) is 16.7 Å². The lowest BCUT2D eigenvalue weighted by Gasteiger charge is -2.12. The molecule has 21 heavy (non-hydrogen) atoms. The molecule has 0 aliphatic carbocycles. The van der Waals surface area contributed by atoms with Gasteiger partial charge in [0.2, 0.25) is 0 Å². The van der Waals surface area contributed by atoms with E-state index in [0.29, 0.717) is 17.7 Å². The van der Waals surface area contributed by atoms with Crippen LogP contribution in [0.2, 0.25) is 0 Å². The SMILES string of the molecule is Cc1c(Br)cccc1NCc1ccc(/C(N)=N/O)cc1F. The second kappa shape index (κ2) is 6.58. The Morgan fingerprint density at radius 2 is 2.14 bits per heavy atom. The first-order valence-corrected chi connectivity index (χ1v) is 7.07. The number of hydrogen-bond acceptors (Lipinski definition) is 3. The minimum Gasteiger partial charge on any atom is -0.409 e. The van der Waals surface area contributed by atoms with Crippen LogP contribution in [0.4, 0.5) is 10.1 Å². The average molecular weight is 352 g/mol. The quantitative estimate of drug-likeness (QED) is 0.341. The summed E-state index contributed by atoms with van der Waals surface area (Å²) in [4.78, 5) is 0. The molecule has 2 rings (SSSR count). The van der Waals surface area contributed by atoms with Crippen LogP contribution in [0.15, 0.2) is 46.0 Å². The second-order valence-corrected chi connectivity index (χ2v) is 5.41. The second-order valence-electron chi connectivity index (χ2n) is 4.56. The first kappa shape index (κ1) is 15.3. The summed E-state index contributed by atoms with van der Waals surface area (Å²) in [7, 11) is 0. The minimum absolute atomic E-state index is 0.115. The van der Waals surface area contributed by atoms with Gasteiger partial charge in [0.1, 0.15) is 5.82 Å². The maximum Gasteiger partial charge on any atom is 0.170 e. The summed E-state index contributed by atoms with van der Waals surface area (Å²) in [5.41, 5.74) is 8.27. The van der Waals surface area contributed by atoms with Gasteiger partial charge in [-0.3, -0.25) is 0 Å². The van der Waals surface area contributed by atoms with Gasteiger partial charge in [0.05, 0.1) is 0 Å². The molecule has 6 heteroatoms. The summed E-state index contributed by atoms with van der Waals surface area (Å²) in [6, 6.07) is 10.3. The van der Waals surface area contributed by atoms with Gasteiger partial charge in [-0.15, -0.1) is 0 Å². The van der Waals surface area contributed by atoms with Crippen molar-refractivity contribution in [1.82, 2.24) is 0 Å². The van der Waals surface area contributed by atoms with Crippen molar-refractivity contribution in [3.8, 4) is 0 Å². The molecule has 0 atom stereocenters. The number of hydrogen-bond donors (Lipinski definition) is 3. The van der Waals surface area contributed by atoms with Gasteiger partial charge in [0.25, 0.3) is 0 Å². The van der Waals surface area contributed by atoms with E-state index in [2.05, 4.69) is 26.4 Å². The summed E-state index contributed by atoms with van der Waals surface area (Å²) in [5, 5.41) is 14.6. The third-order valence-electron chi connectivity index (χ3n) is 3.19. The lowest BCUT2D eigenvalue weighted by atomic mass is 10.1. The third kappa shape index (κ3) is 3.52. The number of halogens is 2. The molecule has 0 aliphatic heterocycles. The van der Waals surface area contributed by atoms with Crippen molar-refractivity contribution in [2.24, 2.45) is 10.9 Å². The van der Waals surface area contributed by atoms with Gasteiger partial charge in [-0.25, -0.2) is 4.39 Å². The highest BCUT2D eigenvalue weighted by Gasteiger charge is 2.07. The zero-order valence-corrected chi connectivity index (χ0v) is 13.0. The fraction of sp³-hybridized carbons (Fsp3) is 0.133. The number of oxime groups is 1. The van der Waals surface area contributed by atoms with Crippen molar-refractivity contribution in [2.45, 2.75) is 13.5 Å². The maximum absolute atomic E-state index is 14.0. The molecule has 0 saturated carbocycles. The minimum atomic E-state index is -0.403. The van der Waals surface area contributed by atoms with Gasteiger partial charge < -0.3 is 16.3 Å². The Morgan fingerprint density at radius 3 is 2.81 bits per heavy atom. The number of nitrogens with one attached hydrogen (secondary N) is 1. The van der Waals surface area contributed by atoms with E-state index in [4.69, 9.17) is 10.9 Å². The standard InChI is InChI=1S/C15H15BrFN3O/c1-9-12(16)3-2-4-14(9)19-8-11-6-5-10(7-13(11)17)15(18)20-21/h2-7,19,21H,8H2,1H3,(H2,18,20). The summed E-state index contributed by atoms with van der Waals surface area (Å²) in [5.74, 6) is -0.518. The molecule has 4 N–H and O–H groups in total. The first-order chi connectivity index (χ1) is 10.0. The molecular weight excluding hydrogens is 337 g/mol. The van der Waals surface area contributed by atoms with Crippen molar-refractivity contribution >= 4 is 27.5 Å². The predicted molar refractivity (Wildman–Crippen MR) is 85.1 cm³/mol. The number of amidine groups is 1. The van der Waals surface area contributed by atoms with Gasteiger partial charge in [-0.2, -0.15) is 0 Å². The maximum atomic E-state index is 14.0. The van der Waals surface area contributed by atoms with E-state index in [0.717, 1.165) is 15.7 Å². The Kier molecular flexibility index (Phi) is 4.80.